The third-order valence-corrected chi connectivity index (χ3v) is 16.9. The summed E-state index contributed by atoms with van der Waals surface area (Å²) in [6.45, 7) is 21.0. The SMILES string of the molecule is CCCCCO[Si](C)(C)C(CCCC)SC(CCCC)[Si](C)(C)OCCCCC. The van der Waals surface area contributed by atoms with E-state index in [0.717, 1.165) is 13.2 Å². The molecular formula is C24H54O2SSi2. The molecule has 0 fully saturated rings. The highest BCUT2D eigenvalue weighted by molar-refractivity contribution is 8.03. The summed E-state index contributed by atoms with van der Waals surface area (Å²) in [7, 11) is -3.43. The smallest absolute Gasteiger partial charge is 0.199 e. The van der Waals surface area contributed by atoms with Crippen molar-refractivity contribution in [3.05, 3.63) is 0 Å². The fraction of sp³-hybridized carbons (Fsp3) is 1.00. The van der Waals surface area contributed by atoms with Crippen molar-refractivity contribution < 1.29 is 8.85 Å². The number of rotatable bonds is 20. The van der Waals surface area contributed by atoms with E-state index in [9.17, 15) is 0 Å². The van der Waals surface area contributed by atoms with Crippen LogP contribution in [0.3, 0.4) is 0 Å². The van der Waals surface area contributed by atoms with Crippen LogP contribution in [0.25, 0.3) is 0 Å². The van der Waals surface area contributed by atoms with Gasteiger partial charge in [-0.05, 0) is 51.9 Å². The number of unbranched alkanes of at least 4 members (excludes halogenated alkanes) is 6. The maximum atomic E-state index is 6.61. The van der Waals surface area contributed by atoms with Crippen LogP contribution in [0.2, 0.25) is 26.2 Å². The molecule has 0 heterocycles. The average Bonchev–Trinajstić information content (AvgIpc) is 2.67. The number of thioether (sulfide) groups is 1. The van der Waals surface area contributed by atoms with Crippen LogP contribution in [0, 0.1) is 0 Å². The average molecular weight is 463 g/mol. The lowest BCUT2D eigenvalue weighted by molar-refractivity contribution is 0.291. The first-order valence-corrected chi connectivity index (χ1v) is 19.6. The quantitative estimate of drug-likeness (QED) is 0.133. The molecule has 0 N–H and O–H groups in total. The monoisotopic (exact) mass is 462 g/mol. The van der Waals surface area contributed by atoms with E-state index < -0.39 is 16.6 Å². The second-order valence-electron chi connectivity index (χ2n) is 9.72. The van der Waals surface area contributed by atoms with Crippen molar-refractivity contribution in [1.82, 2.24) is 0 Å². The summed E-state index contributed by atoms with van der Waals surface area (Å²) in [5, 5.41) is 0. The minimum Gasteiger partial charge on any atom is -0.416 e. The molecule has 5 heteroatoms. The predicted molar refractivity (Wildman–Crippen MR) is 140 cm³/mol. The lowest BCUT2D eigenvalue weighted by atomic mass is 10.3. The first-order valence-electron chi connectivity index (χ1n) is 12.7. The Bertz CT molecular complexity index is 344. The zero-order valence-electron chi connectivity index (χ0n) is 21.3. The number of hydrogen-bond acceptors (Lipinski definition) is 3. The molecule has 0 aliphatic heterocycles. The van der Waals surface area contributed by atoms with Gasteiger partial charge in [0.1, 0.15) is 0 Å². The van der Waals surface area contributed by atoms with E-state index in [1.54, 1.807) is 0 Å². The van der Waals surface area contributed by atoms with Crippen LogP contribution in [-0.2, 0) is 8.85 Å². The van der Waals surface area contributed by atoms with Gasteiger partial charge in [0.25, 0.3) is 0 Å². The van der Waals surface area contributed by atoms with Gasteiger partial charge in [-0.3, -0.25) is 0 Å². The fourth-order valence-electron chi connectivity index (χ4n) is 3.70. The van der Waals surface area contributed by atoms with Crippen molar-refractivity contribution in [2.75, 3.05) is 13.2 Å². The molecule has 2 unspecified atom stereocenters. The highest BCUT2D eigenvalue weighted by Crippen LogP contribution is 2.37. The topological polar surface area (TPSA) is 18.5 Å². The Morgan fingerprint density at radius 2 is 0.897 bits per heavy atom. The Balaban J connectivity index is 5.16. The van der Waals surface area contributed by atoms with Gasteiger partial charge in [0, 0.05) is 23.0 Å². The maximum absolute atomic E-state index is 6.61. The van der Waals surface area contributed by atoms with Crippen molar-refractivity contribution in [2.45, 2.75) is 141 Å². The molecule has 0 saturated carbocycles. The highest BCUT2D eigenvalue weighted by atomic mass is 32.2. The van der Waals surface area contributed by atoms with Crippen molar-refractivity contribution in [3.63, 3.8) is 0 Å². The van der Waals surface area contributed by atoms with Crippen LogP contribution in [0.15, 0.2) is 0 Å². The minimum absolute atomic E-state index is 0.692. The molecule has 2 nitrogen and oxygen atoms in total. The molecule has 29 heavy (non-hydrogen) atoms. The Labute approximate surface area is 190 Å². The molecule has 0 amide bonds. The van der Waals surface area contributed by atoms with Crippen molar-refractivity contribution in [1.29, 1.82) is 0 Å². The lowest BCUT2D eigenvalue weighted by Gasteiger charge is -2.39. The standard InChI is InChI=1S/C24H54O2SSi2/c1-9-13-17-21-25-28(5,6)23(19-15-11-3)27-24(20-16-12-4)29(7,8)26-22-18-14-10-2/h23-24H,9-22H2,1-8H3. The van der Waals surface area contributed by atoms with Crippen molar-refractivity contribution in [3.8, 4) is 0 Å². The van der Waals surface area contributed by atoms with E-state index in [1.165, 1.54) is 77.0 Å². The van der Waals surface area contributed by atoms with Crippen LogP contribution in [0.4, 0.5) is 0 Å². The largest absolute Gasteiger partial charge is 0.416 e. The zero-order chi connectivity index (χ0) is 22.2. The maximum Gasteiger partial charge on any atom is 0.199 e. The van der Waals surface area contributed by atoms with Gasteiger partial charge in [-0.1, -0.05) is 79.1 Å². The normalized spacial score (nSPS) is 14.9. The van der Waals surface area contributed by atoms with Gasteiger partial charge in [0.2, 0.25) is 0 Å². The molecule has 0 rings (SSSR count). The molecule has 0 aromatic carbocycles. The second-order valence-corrected chi connectivity index (χ2v) is 20.3. The molecule has 0 aromatic heterocycles. The van der Waals surface area contributed by atoms with Crippen LogP contribution in [-0.4, -0.2) is 39.6 Å². The van der Waals surface area contributed by atoms with Gasteiger partial charge in [-0.15, -0.1) is 0 Å². The fourth-order valence-corrected chi connectivity index (χ4v) is 12.6. The molecule has 0 aliphatic carbocycles. The summed E-state index contributed by atoms with van der Waals surface area (Å²) in [6, 6.07) is 0. The van der Waals surface area contributed by atoms with Crippen LogP contribution in [0.1, 0.15) is 105 Å². The summed E-state index contributed by atoms with van der Waals surface area (Å²) in [4.78, 5) is 1.38. The molecule has 0 radical (unpaired) electrons. The van der Waals surface area contributed by atoms with Gasteiger partial charge in [-0.2, -0.15) is 11.8 Å². The lowest BCUT2D eigenvalue weighted by Crippen LogP contribution is -2.49. The first-order chi connectivity index (χ1) is 13.7. The van der Waals surface area contributed by atoms with E-state index in [1.807, 2.05) is 0 Å². The molecule has 0 bridgehead atoms. The van der Waals surface area contributed by atoms with Crippen molar-refractivity contribution >= 4 is 28.4 Å². The molecular weight excluding hydrogens is 409 g/mol. The van der Waals surface area contributed by atoms with E-state index in [0.29, 0.717) is 9.75 Å². The molecule has 0 spiro atoms. The van der Waals surface area contributed by atoms with Gasteiger partial charge in [0.15, 0.2) is 16.6 Å². The molecule has 2 atom stereocenters. The highest BCUT2D eigenvalue weighted by Gasteiger charge is 2.41. The van der Waals surface area contributed by atoms with E-state index in [2.05, 4.69) is 65.6 Å². The van der Waals surface area contributed by atoms with Crippen LogP contribution in [0.5, 0.6) is 0 Å². The molecule has 0 aliphatic rings. The Morgan fingerprint density at radius 1 is 0.552 bits per heavy atom. The summed E-state index contributed by atoms with van der Waals surface area (Å²) < 4.78 is 13.2. The van der Waals surface area contributed by atoms with Crippen molar-refractivity contribution in [2.24, 2.45) is 0 Å². The summed E-state index contributed by atoms with van der Waals surface area (Å²) in [5.41, 5.74) is 0. The van der Waals surface area contributed by atoms with Gasteiger partial charge < -0.3 is 8.85 Å². The Morgan fingerprint density at radius 3 is 1.21 bits per heavy atom. The minimum atomic E-state index is -1.72. The summed E-state index contributed by atoms with van der Waals surface area (Å²) in [5.74, 6) is 0. The zero-order valence-corrected chi connectivity index (χ0v) is 24.1. The summed E-state index contributed by atoms with van der Waals surface area (Å²) >= 11 is 2.28. The van der Waals surface area contributed by atoms with E-state index in [-0.39, 0.29) is 0 Å². The van der Waals surface area contributed by atoms with E-state index in [4.69, 9.17) is 8.85 Å². The third-order valence-electron chi connectivity index (χ3n) is 5.96. The molecule has 176 valence electrons. The van der Waals surface area contributed by atoms with Gasteiger partial charge >= 0.3 is 0 Å². The van der Waals surface area contributed by atoms with E-state index >= 15 is 0 Å². The second kappa shape index (κ2) is 17.3. The van der Waals surface area contributed by atoms with Crippen LogP contribution >= 0.6 is 11.8 Å². The van der Waals surface area contributed by atoms with Gasteiger partial charge in [0.05, 0.1) is 0 Å². The third kappa shape index (κ3) is 13.7. The van der Waals surface area contributed by atoms with Gasteiger partial charge in [-0.25, -0.2) is 0 Å². The first kappa shape index (κ1) is 29.7. The predicted octanol–water partition coefficient (Wildman–Crippen LogP) is 8.74. The number of hydrogen-bond donors (Lipinski definition) is 0. The summed E-state index contributed by atoms with van der Waals surface area (Å²) in [6.07, 6.45) is 15.4. The molecule has 0 saturated heterocycles. The van der Waals surface area contributed by atoms with Crippen LogP contribution < -0.4 is 0 Å². The Kier molecular flexibility index (Phi) is 17.7. The Hall–Kier alpha value is 0.704. The molecule has 0 aromatic rings.